The number of hydrogen-bond donors (Lipinski definition) is 1. The van der Waals surface area contributed by atoms with Gasteiger partial charge in [-0.25, -0.2) is 0 Å². The summed E-state index contributed by atoms with van der Waals surface area (Å²) in [6.07, 6.45) is 0.119. The number of amides is 1. The van der Waals surface area contributed by atoms with Crippen LogP contribution in [0.2, 0.25) is 5.02 Å². The topological polar surface area (TPSA) is 81.4 Å². The fourth-order valence-corrected chi connectivity index (χ4v) is 5.53. The number of aromatic nitrogens is 3. The summed E-state index contributed by atoms with van der Waals surface area (Å²) in [4.78, 5) is 19.4. The van der Waals surface area contributed by atoms with E-state index in [0.29, 0.717) is 16.5 Å². The van der Waals surface area contributed by atoms with Crippen molar-refractivity contribution in [2.24, 2.45) is 4.99 Å². The van der Waals surface area contributed by atoms with Crippen molar-refractivity contribution in [2.45, 2.75) is 33.2 Å². The molecule has 4 aromatic rings. The molecule has 1 aliphatic rings. The molecule has 0 unspecified atom stereocenters. The molecule has 178 valence electrons. The molecule has 9 heteroatoms. The molecule has 2 aromatic carbocycles. The molecule has 5 rings (SSSR count). The van der Waals surface area contributed by atoms with Gasteiger partial charge in [0.1, 0.15) is 22.6 Å². The fraction of sp³-hybridized carbons (Fsp3) is 0.231. The van der Waals surface area contributed by atoms with Gasteiger partial charge >= 0.3 is 0 Å². The van der Waals surface area contributed by atoms with E-state index in [9.17, 15) is 4.79 Å². The van der Waals surface area contributed by atoms with Crippen molar-refractivity contribution in [3.63, 3.8) is 0 Å². The zero-order chi connectivity index (χ0) is 24.7. The largest absolute Gasteiger partial charge is 0.497 e. The molecule has 0 fully saturated rings. The second kappa shape index (κ2) is 9.28. The molecule has 1 amide bonds. The van der Waals surface area contributed by atoms with E-state index in [4.69, 9.17) is 21.3 Å². The number of fused-ring (bicyclic) bond motifs is 3. The third-order valence-electron chi connectivity index (χ3n) is 6.11. The summed E-state index contributed by atoms with van der Waals surface area (Å²) in [5.74, 6) is 1.98. The summed E-state index contributed by atoms with van der Waals surface area (Å²) in [5.41, 5.74) is 4.65. The molecule has 2 aromatic heterocycles. The van der Waals surface area contributed by atoms with E-state index in [-0.39, 0.29) is 12.3 Å². The van der Waals surface area contributed by atoms with Crippen molar-refractivity contribution >= 4 is 40.2 Å². The van der Waals surface area contributed by atoms with Gasteiger partial charge < -0.3 is 10.1 Å². The number of aryl methyl sites for hydroxylation is 2. The predicted molar refractivity (Wildman–Crippen MR) is 140 cm³/mol. The molecule has 1 N–H and O–H groups in total. The van der Waals surface area contributed by atoms with E-state index in [1.165, 1.54) is 4.88 Å². The van der Waals surface area contributed by atoms with Crippen molar-refractivity contribution in [3.05, 3.63) is 86.8 Å². The van der Waals surface area contributed by atoms with Crippen LogP contribution in [0.25, 0.3) is 5.00 Å². The van der Waals surface area contributed by atoms with Crippen molar-refractivity contribution in [3.8, 4) is 10.8 Å². The maximum absolute atomic E-state index is 13.1. The molecule has 0 saturated carbocycles. The number of aliphatic imine (C=N–C) groups is 1. The maximum atomic E-state index is 13.1. The highest BCUT2D eigenvalue weighted by Gasteiger charge is 2.32. The molecule has 0 aliphatic carbocycles. The van der Waals surface area contributed by atoms with Crippen LogP contribution in [0.3, 0.4) is 0 Å². The van der Waals surface area contributed by atoms with Crippen molar-refractivity contribution in [1.82, 2.24) is 14.8 Å². The Labute approximate surface area is 212 Å². The average molecular weight is 506 g/mol. The minimum atomic E-state index is -0.514. The number of thiophene rings is 1. The van der Waals surface area contributed by atoms with Crippen LogP contribution in [-0.4, -0.2) is 33.5 Å². The summed E-state index contributed by atoms with van der Waals surface area (Å²) in [6.45, 7) is 6.13. The van der Waals surface area contributed by atoms with Crippen LogP contribution in [0.5, 0.6) is 5.75 Å². The molecular formula is C26H24ClN5O2S. The lowest BCUT2D eigenvalue weighted by Gasteiger charge is -2.13. The number of rotatable bonds is 5. The van der Waals surface area contributed by atoms with Crippen LogP contribution in [0.1, 0.15) is 45.7 Å². The molecule has 3 heterocycles. The van der Waals surface area contributed by atoms with E-state index in [1.54, 1.807) is 30.6 Å². The standard InChI is InChI=1S/C26H24ClN5O2S/c1-14-15(2)35-26-23(14)24(17-5-7-18(27)8-6-17)29-21(25-31-30-16(3)32(25)26)13-22(33)28-19-9-11-20(34-4)12-10-19/h5-12,21H,13H2,1-4H3,(H,28,33)/t21-/m0/s1. The number of nitrogens with one attached hydrogen (secondary N) is 1. The molecule has 7 nitrogen and oxygen atoms in total. The van der Waals surface area contributed by atoms with Gasteiger partial charge in [0.2, 0.25) is 5.91 Å². The van der Waals surface area contributed by atoms with Crippen LogP contribution in [0, 0.1) is 20.8 Å². The number of benzene rings is 2. The van der Waals surface area contributed by atoms with Gasteiger partial charge in [0.25, 0.3) is 0 Å². The Kier molecular flexibility index (Phi) is 6.17. The van der Waals surface area contributed by atoms with E-state index in [2.05, 4.69) is 29.4 Å². The Morgan fingerprint density at radius 2 is 1.80 bits per heavy atom. The quantitative estimate of drug-likeness (QED) is 0.369. The first-order valence-electron chi connectivity index (χ1n) is 11.2. The fourth-order valence-electron chi connectivity index (χ4n) is 4.19. The van der Waals surface area contributed by atoms with Gasteiger partial charge in [0, 0.05) is 26.7 Å². The van der Waals surface area contributed by atoms with Gasteiger partial charge in [-0.15, -0.1) is 21.5 Å². The van der Waals surface area contributed by atoms with E-state index >= 15 is 0 Å². The first-order valence-corrected chi connectivity index (χ1v) is 12.4. The predicted octanol–water partition coefficient (Wildman–Crippen LogP) is 5.84. The molecule has 1 atom stereocenters. The summed E-state index contributed by atoms with van der Waals surface area (Å²) in [7, 11) is 1.61. The highest BCUT2D eigenvalue weighted by atomic mass is 35.5. The summed E-state index contributed by atoms with van der Waals surface area (Å²) >= 11 is 7.85. The van der Waals surface area contributed by atoms with E-state index in [1.807, 2.05) is 47.9 Å². The minimum Gasteiger partial charge on any atom is -0.497 e. The Bertz CT molecular complexity index is 1440. The molecule has 0 bridgehead atoms. The minimum absolute atomic E-state index is 0.119. The van der Waals surface area contributed by atoms with Gasteiger partial charge in [0.15, 0.2) is 5.82 Å². The highest BCUT2D eigenvalue weighted by Crippen LogP contribution is 2.39. The van der Waals surface area contributed by atoms with E-state index < -0.39 is 6.04 Å². The third kappa shape index (κ3) is 4.35. The lowest BCUT2D eigenvalue weighted by atomic mass is 9.99. The Hall–Kier alpha value is -3.49. The number of halogens is 1. The highest BCUT2D eigenvalue weighted by molar-refractivity contribution is 7.15. The average Bonchev–Trinajstić information content (AvgIpc) is 3.32. The second-order valence-corrected chi connectivity index (χ2v) is 10.0. The van der Waals surface area contributed by atoms with Gasteiger partial charge in [-0.2, -0.15) is 0 Å². The summed E-state index contributed by atoms with van der Waals surface area (Å²) in [6, 6.07) is 14.4. The molecule has 1 aliphatic heterocycles. The Morgan fingerprint density at radius 1 is 1.09 bits per heavy atom. The lowest BCUT2D eigenvalue weighted by molar-refractivity contribution is -0.116. The third-order valence-corrected chi connectivity index (χ3v) is 7.55. The Balaban J connectivity index is 1.58. The molecular weight excluding hydrogens is 482 g/mol. The Morgan fingerprint density at radius 3 is 2.49 bits per heavy atom. The molecule has 0 spiro atoms. The normalized spacial score (nSPS) is 14.5. The smallest absolute Gasteiger partial charge is 0.227 e. The first kappa shape index (κ1) is 23.3. The van der Waals surface area contributed by atoms with Crippen molar-refractivity contribution in [2.75, 3.05) is 12.4 Å². The van der Waals surface area contributed by atoms with Crippen molar-refractivity contribution in [1.29, 1.82) is 0 Å². The number of nitrogens with zero attached hydrogens (tertiary/aromatic N) is 4. The lowest BCUT2D eigenvalue weighted by Crippen LogP contribution is -2.17. The zero-order valence-electron chi connectivity index (χ0n) is 19.8. The second-order valence-electron chi connectivity index (χ2n) is 8.39. The molecule has 0 radical (unpaired) electrons. The van der Waals surface area contributed by atoms with Gasteiger partial charge in [0.05, 0.1) is 19.2 Å². The van der Waals surface area contributed by atoms with Crippen LogP contribution in [0.4, 0.5) is 5.69 Å². The number of carbonyl (C=O) groups excluding carboxylic acids is 1. The van der Waals surface area contributed by atoms with Crippen LogP contribution < -0.4 is 10.1 Å². The first-order chi connectivity index (χ1) is 16.9. The van der Waals surface area contributed by atoms with Crippen LogP contribution >= 0.6 is 22.9 Å². The number of carbonyl (C=O) groups is 1. The van der Waals surface area contributed by atoms with Crippen LogP contribution in [-0.2, 0) is 4.79 Å². The van der Waals surface area contributed by atoms with Gasteiger partial charge in [-0.1, -0.05) is 23.7 Å². The number of methoxy groups -OCH3 is 1. The van der Waals surface area contributed by atoms with Gasteiger partial charge in [-0.3, -0.25) is 14.4 Å². The maximum Gasteiger partial charge on any atom is 0.227 e. The number of hydrogen-bond acceptors (Lipinski definition) is 6. The van der Waals surface area contributed by atoms with Crippen molar-refractivity contribution < 1.29 is 9.53 Å². The number of anilines is 1. The van der Waals surface area contributed by atoms with Gasteiger partial charge in [-0.05, 0) is 62.7 Å². The molecule has 0 saturated heterocycles. The summed E-state index contributed by atoms with van der Waals surface area (Å²) in [5, 5.41) is 13.4. The van der Waals surface area contributed by atoms with E-state index in [0.717, 1.165) is 39.0 Å². The van der Waals surface area contributed by atoms with Crippen LogP contribution in [0.15, 0.2) is 53.5 Å². The molecule has 35 heavy (non-hydrogen) atoms. The zero-order valence-corrected chi connectivity index (χ0v) is 21.4. The number of ether oxygens (including phenoxy) is 1. The monoisotopic (exact) mass is 505 g/mol. The summed E-state index contributed by atoms with van der Waals surface area (Å²) < 4.78 is 7.24. The SMILES string of the molecule is COc1ccc(NC(=O)C[C@@H]2N=C(c3ccc(Cl)cc3)c3c(sc(C)c3C)-n3c(C)nnc32)cc1.